The number of nitrogens with one attached hydrogen (secondary N) is 1. The van der Waals surface area contributed by atoms with Crippen molar-refractivity contribution in [1.29, 1.82) is 0 Å². The highest BCUT2D eigenvalue weighted by molar-refractivity contribution is 9.10. The fourth-order valence-electron chi connectivity index (χ4n) is 14.0. The lowest BCUT2D eigenvalue weighted by Crippen LogP contribution is -2.46. The van der Waals surface area contributed by atoms with Gasteiger partial charge in [0.15, 0.2) is 11.6 Å². The van der Waals surface area contributed by atoms with Gasteiger partial charge in [-0.05, 0) is 199 Å². The predicted octanol–water partition coefficient (Wildman–Crippen LogP) is 15.9. The molecule has 4 N–H and O–H groups in total. The van der Waals surface area contributed by atoms with Crippen molar-refractivity contribution in [2.24, 2.45) is 27.8 Å². The zero-order valence-corrected chi connectivity index (χ0v) is 66.9. The number of ketones is 2. The summed E-state index contributed by atoms with van der Waals surface area (Å²) in [6.45, 7) is 11.5. The quantitative estimate of drug-likeness (QED) is 0.0255. The lowest BCUT2D eigenvalue weighted by molar-refractivity contribution is -0.147. The molecule has 4 aliphatic carbocycles. The van der Waals surface area contributed by atoms with Gasteiger partial charge in [0.05, 0.1) is 65.9 Å². The highest BCUT2D eigenvalue weighted by Crippen LogP contribution is 2.59. The van der Waals surface area contributed by atoms with Gasteiger partial charge in [0, 0.05) is 47.5 Å². The van der Waals surface area contributed by atoms with E-state index in [0.29, 0.717) is 60.0 Å². The number of rotatable bonds is 33. The molecule has 6 aliphatic rings. The number of nitrogens with two attached hydrogens (primary N) is 1. The van der Waals surface area contributed by atoms with Gasteiger partial charge in [-0.25, -0.2) is 40.7 Å². The molecule has 0 bridgehead atoms. The van der Waals surface area contributed by atoms with E-state index in [4.69, 9.17) is 14.6 Å². The molecule has 6 fully saturated rings. The number of benzene rings is 4. The van der Waals surface area contributed by atoms with Gasteiger partial charge in [0.1, 0.15) is 23.8 Å². The topological polar surface area (TPSA) is 280 Å². The van der Waals surface area contributed by atoms with Crippen LogP contribution < -0.4 is 19.3 Å². The Bertz CT molecular complexity index is 4460. The molecule has 2 aromatic heterocycles. The Kier molecular flexibility index (Phi) is 26.6. The molecular formula is C78H96Br2F2N6O13S4. The molecule has 0 spiro atoms. The molecule has 105 heavy (non-hydrogen) atoms. The van der Waals surface area contributed by atoms with Crippen LogP contribution in [0.4, 0.5) is 8.78 Å². The lowest BCUT2D eigenvalue weighted by Gasteiger charge is -2.25. The van der Waals surface area contributed by atoms with E-state index in [2.05, 4.69) is 66.5 Å². The number of carboxylic acids is 1. The van der Waals surface area contributed by atoms with E-state index in [1.807, 2.05) is 66.8 Å². The van der Waals surface area contributed by atoms with Gasteiger partial charge in [-0.3, -0.25) is 33.5 Å². The van der Waals surface area contributed by atoms with E-state index in [-0.39, 0.29) is 98.5 Å². The number of allylic oxidation sites excluding steroid dienone is 4. The number of primary sulfonamides is 1. The van der Waals surface area contributed by atoms with Gasteiger partial charge >= 0.3 is 5.97 Å². The van der Waals surface area contributed by atoms with Crippen LogP contribution in [0, 0.1) is 48.1 Å². The zero-order chi connectivity index (χ0) is 75.8. The highest BCUT2D eigenvalue weighted by Gasteiger charge is 2.63. The SMILES string of the molecule is CC1(S(N)(=O)=O)CC1.CCCCCC/C=C\[C@@H]1C[C@]1(CC(=O)[C@@H]1C[C@@H](Oc2nc3ccc(Br)cc3s2)CN1C(=O)CCc1cc(C)cc(F)c1)C(=O)NS(=O)(=O)C1(C)CC1.CCCCCC/C=C\[C@@H]1C[C@]1(CC(=O)[C@@H]1C[C@@H](Oc2nc3ccc(Br)cc3s2)CN1C(=O)CCc1cc(C)cc(F)c1)C(=O)O. The summed E-state index contributed by atoms with van der Waals surface area (Å²) < 4.78 is 92.4. The molecule has 19 nitrogen and oxygen atoms in total. The van der Waals surface area contributed by atoms with Crippen LogP contribution in [-0.4, -0.2) is 124 Å². The first-order valence-corrected chi connectivity index (χ1v) is 42.8. The Labute approximate surface area is 639 Å². The number of ether oxygens (including phenoxy) is 2. The lowest BCUT2D eigenvalue weighted by atomic mass is 9.91. The monoisotopic (exact) mass is 1650 g/mol. The number of Topliss-reactive ketones (excluding diaryl/α,β-unsaturated/α-hetero) is 2. The number of aromatic nitrogens is 2. The summed E-state index contributed by atoms with van der Waals surface area (Å²) in [6.07, 6.45) is 21.8. The normalized spacial score (nSPS) is 23.4. The first-order valence-electron chi connectivity index (χ1n) is 36.5. The van der Waals surface area contributed by atoms with Crippen molar-refractivity contribution in [2.45, 2.75) is 229 Å². The van der Waals surface area contributed by atoms with Crippen LogP contribution in [0.3, 0.4) is 0 Å². The average Bonchev–Trinajstić information content (AvgIpc) is 1.57. The minimum atomic E-state index is -3.92. The van der Waals surface area contributed by atoms with E-state index >= 15 is 0 Å². The van der Waals surface area contributed by atoms with Crippen molar-refractivity contribution < 1.29 is 69.0 Å². The number of carboxylic acid groups (broad SMARTS) is 1. The molecule has 568 valence electrons. The fourth-order valence-corrected chi connectivity index (χ4v) is 18.9. The summed E-state index contributed by atoms with van der Waals surface area (Å²) >= 11 is 9.73. The number of carbonyl (C=O) groups excluding carboxylic acids is 5. The average molecular weight is 1650 g/mol. The molecule has 4 saturated carbocycles. The number of carbonyl (C=O) groups is 6. The molecule has 4 heterocycles. The number of likely N-dealkylation sites (tertiary alicyclic amines) is 2. The van der Waals surface area contributed by atoms with Crippen LogP contribution in [0.1, 0.15) is 191 Å². The zero-order valence-electron chi connectivity index (χ0n) is 60.4. The minimum absolute atomic E-state index is 0.0560. The van der Waals surface area contributed by atoms with E-state index in [0.717, 1.165) is 111 Å². The summed E-state index contributed by atoms with van der Waals surface area (Å²) in [5.74, 6) is -3.91. The van der Waals surface area contributed by atoms with Crippen LogP contribution in [0.25, 0.3) is 20.4 Å². The van der Waals surface area contributed by atoms with Crippen molar-refractivity contribution in [3.05, 3.63) is 140 Å². The third-order valence-electron chi connectivity index (χ3n) is 21.3. The number of thiazole rings is 2. The second-order valence-electron chi connectivity index (χ2n) is 30.0. The Hall–Kier alpha value is -6.36. The Morgan fingerprint density at radius 2 is 1.06 bits per heavy atom. The molecular weight excluding hydrogens is 1550 g/mol. The summed E-state index contributed by atoms with van der Waals surface area (Å²) in [5, 5.41) is 15.9. The summed E-state index contributed by atoms with van der Waals surface area (Å²) in [5.41, 5.74) is 2.14. The molecule has 2 saturated heterocycles. The molecule has 0 unspecified atom stereocenters. The third-order valence-corrected chi connectivity index (χ3v) is 28.1. The van der Waals surface area contributed by atoms with Gasteiger partial charge in [-0.1, -0.05) is 143 Å². The fraction of sp³-hybridized carbons (Fsp3) is 0.538. The maximum atomic E-state index is 14.4. The number of fused-ring (bicyclic) bond motifs is 2. The smallest absolute Gasteiger partial charge is 0.310 e. The van der Waals surface area contributed by atoms with Crippen molar-refractivity contribution in [3.63, 3.8) is 0 Å². The molecule has 27 heteroatoms. The predicted molar refractivity (Wildman–Crippen MR) is 412 cm³/mol. The Morgan fingerprint density at radius 1 is 0.629 bits per heavy atom. The molecule has 2 aliphatic heterocycles. The maximum Gasteiger partial charge on any atom is 0.310 e. The summed E-state index contributed by atoms with van der Waals surface area (Å²) in [6, 6.07) is 19.2. The number of halogens is 4. The highest BCUT2D eigenvalue weighted by atomic mass is 79.9. The second-order valence-corrected chi connectivity index (χ2v) is 38.1. The number of nitrogens with zero attached hydrogens (tertiary/aromatic N) is 4. The molecule has 3 amide bonds. The van der Waals surface area contributed by atoms with Crippen molar-refractivity contribution in [1.82, 2.24) is 24.5 Å². The number of amides is 3. The molecule has 6 aromatic rings. The molecule has 12 rings (SSSR count). The van der Waals surface area contributed by atoms with Gasteiger partial charge in [-0.15, -0.1) is 0 Å². The van der Waals surface area contributed by atoms with E-state index < -0.39 is 76.5 Å². The van der Waals surface area contributed by atoms with Crippen LogP contribution in [0.15, 0.2) is 106 Å². The van der Waals surface area contributed by atoms with E-state index in [1.165, 1.54) is 58.3 Å². The first kappa shape index (κ1) is 81.2. The number of hydrogen-bond donors (Lipinski definition) is 3. The van der Waals surface area contributed by atoms with Crippen LogP contribution in [-0.2, 0) is 61.7 Å². The third kappa shape index (κ3) is 20.9. The first-order chi connectivity index (χ1) is 49.7. The van der Waals surface area contributed by atoms with Crippen molar-refractivity contribution in [3.8, 4) is 10.4 Å². The summed E-state index contributed by atoms with van der Waals surface area (Å²) in [7, 11) is -7.15. The van der Waals surface area contributed by atoms with Gasteiger partial charge < -0.3 is 24.4 Å². The largest absolute Gasteiger partial charge is 0.481 e. The summed E-state index contributed by atoms with van der Waals surface area (Å²) in [4.78, 5) is 94.2. The van der Waals surface area contributed by atoms with E-state index in [9.17, 15) is 59.5 Å². The molecule has 0 radical (unpaired) electrons. The number of sulfonamides is 2. The van der Waals surface area contributed by atoms with Crippen LogP contribution in [0.5, 0.6) is 10.4 Å². The number of unbranched alkanes of at least 4 members (excludes halogenated alkanes) is 8. The standard InChI is InChI=1S/C39H47BrFN3O6S2.C35H40BrFN2O5S.C4H9NO2S/c1-4-5-6-7-8-9-10-27-22-39(27,36(47)43-52(48,49)38(3)15-16-38)23-33(45)32-21-30(50-37-42-31-13-12-28(40)20-34(31)51-37)24-44(32)35(46)14-11-26-17-25(2)18-29(41)19-26;1-3-4-5-6-7-8-9-24-19-35(24,33(42)43)20-30(40)29-18-27(44-34-38-28-12-11-25(36)17-31(28)45-34)21-39(29)32(41)13-10-23-14-22(2)15-26(37)16-23;1-4(2-3-4)8(5,6)7/h9-10,12-13,17-20,27,30,32H,4-8,11,14-16,21-24H2,1-3H3,(H,43,47);8-9,11-12,14-17,24,27,29H,3-7,10,13,18-21H2,1-2H3,(H,42,43);2-3H2,1H3,(H2,5,6,7)/b10-9-;9-8-;/t27-,30-,32+,39-;24-,27-,29+,35-;/m11./s1. The number of aliphatic carboxylic acids is 1. The second kappa shape index (κ2) is 34.5. The van der Waals surface area contributed by atoms with Crippen molar-refractivity contribution >= 4 is 130 Å². The van der Waals surface area contributed by atoms with Gasteiger partial charge in [0.2, 0.25) is 37.8 Å². The molecule has 4 aromatic carbocycles. The van der Waals surface area contributed by atoms with E-state index in [1.54, 1.807) is 32.6 Å². The van der Waals surface area contributed by atoms with Gasteiger partial charge in [-0.2, -0.15) is 0 Å². The molecule has 8 atom stereocenters. The van der Waals surface area contributed by atoms with Crippen molar-refractivity contribution in [2.75, 3.05) is 13.1 Å². The van der Waals surface area contributed by atoms with Crippen LogP contribution in [0.2, 0.25) is 0 Å². The number of hydrogen-bond acceptors (Lipinski definition) is 16. The Balaban J connectivity index is 0.000000205. The minimum Gasteiger partial charge on any atom is -0.481 e. The number of aryl methyl sites for hydroxylation is 4. The van der Waals surface area contributed by atoms with Gasteiger partial charge in [0.25, 0.3) is 10.4 Å². The Morgan fingerprint density at radius 3 is 1.46 bits per heavy atom. The van der Waals surface area contributed by atoms with Crippen LogP contribution >= 0.6 is 54.5 Å². The maximum absolute atomic E-state index is 14.4.